The predicted molar refractivity (Wildman–Crippen MR) is 104 cm³/mol. The summed E-state index contributed by atoms with van der Waals surface area (Å²) in [5, 5.41) is 6.01. The Morgan fingerprint density at radius 3 is 2.76 bits per heavy atom. The summed E-state index contributed by atoms with van der Waals surface area (Å²) < 4.78 is 5.22. The number of hydrogen-bond donors (Lipinski definition) is 2. The lowest BCUT2D eigenvalue weighted by Gasteiger charge is -2.46. The van der Waals surface area contributed by atoms with Crippen LogP contribution in [0, 0.1) is 0 Å². The van der Waals surface area contributed by atoms with E-state index < -0.39 is 12.1 Å². The van der Waals surface area contributed by atoms with E-state index in [1.807, 2.05) is 30.3 Å². The normalized spacial score (nSPS) is 21.8. The molecule has 8 heteroatoms. The van der Waals surface area contributed by atoms with Crippen molar-refractivity contribution < 1.29 is 18.8 Å². The number of rotatable bonds is 6. The lowest BCUT2D eigenvalue weighted by Crippen LogP contribution is -2.70. The summed E-state index contributed by atoms with van der Waals surface area (Å²) in [5.41, 5.74) is 0.866. The SMILES string of the molecule is O=C(CN1C(=O)N(Cc2ccccc2)C(=O)C2NCCCC21)NCc1ccco1. The summed E-state index contributed by atoms with van der Waals surface area (Å²) in [7, 11) is 0. The Balaban J connectivity index is 1.49. The molecule has 0 radical (unpaired) electrons. The lowest BCUT2D eigenvalue weighted by atomic mass is 9.93. The maximum Gasteiger partial charge on any atom is 0.327 e. The van der Waals surface area contributed by atoms with Gasteiger partial charge in [0.25, 0.3) is 0 Å². The fourth-order valence-electron chi connectivity index (χ4n) is 3.92. The van der Waals surface area contributed by atoms with E-state index >= 15 is 0 Å². The van der Waals surface area contributed by atoms with Gasteiger partial charge in [0.1, 0.15) is 18.3 Å². The summed E-state index contributed by atoms with van der Waals surface area (Å²) in [6.07, 6.45) is 3.09. The van der Waals surface area contributed by atoms with Crippen molar-refractivity contribution in [3.8, 4) is 0 Å². The molecule has 1 aromatic carbocycles. The van der Waals surface area contributed by atoms with Gasteiger partial charge in [-0.05, 0) is 37.1 Å². The molecule has 2 aromatic rings. The van der Waals surface area contributed by atoms with Crippen molar-refractivity contribution in [1.29, 1.82) is 0 Å². The smallest absolute Gasteiger partial charge is 0.327 e. The largest absolute Gasteiger partial charge is 0.467 e. The van der Waals surface area contributed by atoms with E-state index in [4.69, 9.17) is 4.42 Å². The van der Waals surface area contributed by atoms with E-state index in [2.05, 4.69) is 10.6 Å². The number of nitrogens with one attached hydrogen (secondary N) is 2. The molecule has 2 unspecified atom stereocenters. The monoisotopic (exact) mass is 396 g/mol. The van der Waals surface area contributed by atoms with Gasteiger partial charge in [-0.2, -0.15) is 0 Å². The molecule has 0 saturated carbocycles. The van der Waals surface area contributed by atoms with Crippen LogP contribution in [0.15, 0.2) is 53.1 Å². The molecule has 2 aliphatic heterocycles. The van der Waals surface area contributed by atoms with Crippen LogP contribution in [0.5, 0.6) is 0 Å². The number of carbonyl (C=O) groups is 3. The molecule has 2 atom stereocenters. The number of benzene rings is 1. The molecule has 2 fully saturated rings. The topological polar surface area (TPSA) is 94.9 Å². The van der Waals surface area contributed by atoms with Crippen molar-refractivity contribution in [1.82, 2.24) is 20.4 Å². The number of piperidine rings is 1. The van der Waals surface area contributed by atoms with E-state index in [1.165, 1.54) is 9.80 Å². The summed E-state index contributed by atoms with van der Waals surface area (Å²) in [5.74, 6) is 0.130. The fraction of sp³-hybridized carbons (Fsp3) is 0.381. The third-order valence-corrected chi connectivity index (χ3v) is 5.37. The third kappa shape index (κ3) is 4.17. The highest BCUT2D eigenvalue weighted by atomic mass is 16.3. The number of nitrogens with zero attached hydrogens (tertiary/aromatic N) is 2. The van der Waals surface area contributed by atoms with Crippen LogP contribution in [0.4, 0.5) is 4.79 Å². The number of urea groups is 1. The van der Waals surface area contributed by atoms with E-state index in [-0.39, 0.29) is 37.5 Å². The first-order chi connectivity index (χ1) is 14.1. The maximum atomic E-state index is 13.2. The predicted octanol–water partition coefficient (Wildman–Crippen LogP) is 1.48. The van der Waals surface area contributed by atoms with Gasteiger partial charge in [-0.15, -0.1) is 0 Å². The van der Waals surface area contributed by atoms with Crippen LogP contribution in [0.1, 0.15) is 24.2 Å². The van der Waals surface area contributed by atoms with Crippen LogP contribution in [0.25, 0.3) is 0 Å². The van der Waals surface area contributed by atoms with E-state index in [9.17, 15) is 14.4 Å². The van der Waals surface area contributed by atoms with Crippen molar-refractivity contribution in [2.75, 3.05) is 13.1 Å². The van der Waals surface area contributed by atoms with Gasteiger partial charge in [0, 0.05) is 0 Å². The van der Waals surface area contributed by atoms with Crippen LogP contribution in [0.3, 0.4) is 0 Å². The first-order valence-corrected chi connectivity index (χ1v) is 9.82. The average Bonchev–Trinajstić information content (AvgIpc) is 3.27. The van der Waals surface area contributed by atoms with Crippen molar-refractivity contribution in [3.63, 3.8) is 0 Å². The molecule has 4 amide bonds. The van der Waals surface area contributed by atoms with Crippen LogP contribution in [-0.2, 0) is 22.7 Å². The van der Waals surface area contributed by atoms with Gasteiger partial charge in [-0.3, -0.25) is 14.5 Å². The lowest BCUT2D eigenvalue weighted by molar-refractivity contribution is -0.139. The quantitative estimate of drug-likeness (QED) is 0.771. The molecule has 4 rings (SSSR count). The van der Waals surface area contributed by atoms with Gasteiger partial charge >= 0.3 is 6.03 Å². The minimum absolute atomic E-state index is 0.0963. The molecule has 2 aliphatic rings. The Bertz CT molecular complexity index is 868. The van der Waals surface area contributed by atoms with Crippen LogP contribution < -0.4 is 10.6 Å². The number of imide groups is 1. The molecule has 0 aliphatic carbocycles. The molecule has 2 N–H and O–H groups in total. The molecule has 0 spiro atoms. The molecule has 8 nitrogen and oxygen atoms in total. The van der Waals surface area contributed by atoms with E-state index in [0.29, 0.717) is 12.2 Å². The van der Waals surface area contributed by atoms with Crippen LogP contribution in [0.2, 0.25) is 0 Å². The number of carbonyl (C=O) groups excluding carboxylic acids is 3. The first-order valence-electron chi connectivity index (χ1n) is 9.82. The number of amides is 4. The standard InChI is InChI=1S/C21H24N4O4/c26-18(23-12-16-8-5-11-29-16)14-24-17-9-4-10-22-19(17)20(27)25(21(24)28)13-15-6-2-1-3-7-15/h1-3,5-8,11,17,19,22H,4,9-10,12-14H2,(H,23,26). The van der Waals surface area contributed by atoms with Gasteiger partial charge in [0.15, 0.2) is 0 Å². The summed E-state index contributed by atoms with van der Waals surface area (Å²) in [6, 6.07) is 11.7. The summed E-state index contributed by atoms with van der Waals surface area (Å²) in [6.45, 7) is 1.07. The zero-order chi connectivity index (χ0) is 20.2. The highest BCUT2D eigenvalue weighted by molar-refractivity contribution is 6.01. The van der Waals surface area contributed by atoms with Crippen LogP contribution >= 0.6 is 0 Å². The second-order valence-corrected chi connectivity index (χ2v) is 7.32. The zero-order valence-electron chi connectivity index (χ0n) is 16.0. The minimum Gasteiger partial charge on any atom is -0.467 e. The number of hydrogen-bond acceptors (Lipinski definition) is 5. The molecule has 2 saturated heterocycles. The number of fused-ring (bicyclic) bond motifs is 1. The fourth-order valence-corrected chi connectivity index (χ4v) is 3.92. The molecular formula is C21H24N4O4. The van der Waals surface area contributed by atoms with Gasteiger partial charge in [-0.25, -0.2) is 4.79 Å². The Kier molecular flexibility index (Phi) is 5.62. The second kappa shape index (κ2) is 8.48. The van der Waals surface area contributed by atoms with E-state index in [0.717, 1.165) is 18.5 Å². The Morgan fingerprint density at radius 1 is 1.17 bits per heavy atom. The van der Waals surface area contributed by atoms with E-state index in [1.54, 1.807) is 18.4 Å². The average molecular weight is 396 g/mol. The third-order valence-electron chi connectivity index (χ3n) is 5.37. The van der Waals surface area contributed by atoms with Gasteiger partial charge in [-0.1, -0.05) is 30.3 Å². The van der Waals surface area contributed by atoms with Gasteiger partial charge < -0.3 is 20.0 Å². The van der Waals surface area contributed by atoms with Crippen molar-refractivity contribution in [2.45, 2.75) is 38.0 Å². The molecule has 29 heavy (non-hydrogen) atoms. The molecule has 1 aromatic heterocycles. The molecular weight excluding hydrogens is 372 g/mol. The first kappa shape index (κ1) is 19.2. The Labute approximate surface area is 168 Å². The van der Waals surface area contributed by atoms with Gasteiger partial charge in [0.05, 0.1) is 25.4 Å². The molecule has 152 valence electrons. The van der Waals surface area contributed by atoms with Crippen molar-refractivity contribution >= 4 is 17.8 Å². The number of furan rings is 1. The van der Waals surface area contributed by atoms with Gasteiger partial charge in [0.2, 0.25) is 11.8 Å². The Hall–Kier alpha value is -3.13. The van der Waals surface area contributed by atoms with Crippen molar-refractivity contribution in [3.05, 3.63) is 60.1 Å². The zero-order valence-corrected chi connectivity index (χ0v) is 16.0. The summed E-state index contributed by atoms with van der Waals surface area (Å²) >= 11 is 0. The molecule has 3 heterocycles. The molecule has 0 bridgehead atoms. The summed E-state index contributed by atoms with van der Waals surface area (Å²) in [4.78, 5) is 41.4. The van der Waals surface area contributed by atoms with Crippen molar-refractivity contribution in [2.24, 2.45) is 0 Å². The second-order valence-electron chi connectivity index (χ2n) is 7.32. The Morgan fingerprint density at radius 2 is 2.00 bits per heavy atom. The minimum atomic E-state index is -0.483. The maximum absolute atomic E-state index is 13.2. The highest BCUT2D eigenvalue weighted by Crippen LogP contribution is 2.25. The highest BCUT2D eigenvalue weighted by Gasteiger charge is 2.47. The van der Waals surface area contributed by atoms with Crippen LogP contribution in [-0.4, -0.2) is 52.8 Å².